The van der Waals surface area contributed by atoms with Gasteiger partial charge in [0.05, 0.1) is 25.3 Å². The average Bonchev–Trinajstić information content (AvgIpc) is 2.64. The fraction of sp³-hybridized carbons (Fsp3) is 0.526. The molecule has 1 aromatic rings. The normalized spacial score (nSPS) is 14.2. The van der Waals surface area contributed by atoms with E-state index in [1.54, 1.807) is 0 Å². The van der Waals surface area contributed by atoms with Crippen LogP contribution in [-0.4, -0.2) is 59.3 Å². The number of rotatable bonds is 12. The van der Waals surface area contributed by atoms with Crippen molar-refractivity contribution in [3.8, 4) is 0 Å². The number of nitrogens with two attached hydrogens (primary N) is 1. The van der Waals surface area contributed by atoms with Crippen molar-refractivity contribution in [2.24, 2.45) is 11.7 Å². The second-order valence-corrected chi connectivity index (χ2v) is 6.91. The van der Waals surface area contributed by atoms with Crippen LogP contribution in [0.3, 0.4) is 0 Å². The number of carbonyl (C=O) groups excluding carboxylic acids is 2. The number of ether oxygens (including phenoxy) is 1. The van der Waals surface area contributed by atoms with Crippen molar-refractivity contribution in [2.75, 3.05) is 13.2 Å². The molecule has 0 saturated heterocycles. The molecule has 0 radical (unpaired) electrons. The molecule has 28 heavy (non-hydrogen) atoms. The Morgan fingerprint density at radius 2 is 1.79 bits per heavy atom. The van der Waals surface area contributed by atoms with Gasteiger partial charge in [-0.3, -0.25) is 14.4 Å². The zero-order valence-electron chi connectivity index (χ0n) is 16.1. The molecule has 0 heterocycles. The fourth-order valence-electron chi connectivity index (χ4n) is 2.44. The first kappa shape index (κ1) is 23.5. The summed E-state index contributed by atoms with van der Waals surface area (Å²) >= 11 is 0. The predicted octanol–water partition coefficient (Wildman–Crippen LogP) is -0.377. The molecular formula is C19H29N3O6. The zero-order valence-corrected chi connectivity index (χ0v) is 16.1. The van der Waals surface area contributed by atoms with Crippen molar-refractivity contribution in [2.45, 2.75) is 45.1 Å². The molecule has 6 N–H and O–H groups in total. The molecular weight excluding hydrogens is 366 g/mol. The van der Waals surface area contributed by atoms with E-state index in [0.29, 0.717) is 6.42 Å². The monoisotopic (exact) mass is 395 g/mol. The van der Waals surface area contributed by atoms with Crippen LogP contribution in [0.4, 0.5) is 0 Å². The quantitative estimate of drug-likeness (QED) is 0.324. The molecule has 9 heteroatoms. The molecule has 1 aromatic carbocycles. The summed E-state index contributed by atoms with van der Waals surface area (Å²) in [6.45, 7) is 3.25. The minimum atomic E-state index is -1.69. The minimum Gasteiger partial charge on any atom is -0.480 e. The van der Waals surface area contributed by atoms with Crippen molar-refractivity contribution < 1.29 is 29.3 Å². The topological polar surface area (TPSA) is 151 Å². The lowest BCUT2D eigenvalue weighted by Gasteiger charge is -2.25. The molecule has 0 saturated carbocycles. The summed E-state index contributed by atoms with van der Waals surface area (Å²) in [7, 11) is 0. The Hall–Kier alpha value is -2.49. The number of carboxylic acid groups (broad SMARTS) is 1. The van der Waals surface area contributed by atoms with Gasteiger partial charge < -0.3 is 31.3 Å². The van der Waals surface area contributed by atoms with Gasteiger partial charge in [0.2, 0.25) is 5.91 Å². The highest BCUT2D eigenvalue weighted by Gasteiger charge is 2.29. The van der Waals surface area contributed by atoms with Gasteiger partial charge >= 0.3 is 5.97 Å². The van der Waals surface area contributed by atoms with E-state index in [9.17, 15) is 19.5 Å². The van der Waals surface area contributed by atoms with E-state index in [2.05, 4.69) is 10.6 Å². The van der Waals surface area contributed by atoms with Crippen molar-refractivity contribution in [1.82, 2.24) is 10.6 Å². The van der Waals surface area contributed by atoms with Crippen LogP contribution in [0, 0.1) is 5.92 Å². The number of aliphatic hydroxyl groups excluding tert-OH is 1. The molecule has 9 nitrogen and oxygen atoms in total. The Labute approximate surface area is 164 Å². The molecule has 0 spiro atoms. The average molecular weight is 395 g/mol. The maximum atomic E-state index is 12.3. The van der Waals surface area contributed by atoms with Crippen molar-refractivity contribution in [3.05, 3.63) is 35.9 Å². The third-order valence-electron chi connectivity index (χ3n) is 3.86. The number of hydrogen-bond donors (Lipinski definition) is 5. The highest BCUT2D eigenvalue weighted by atomic mass is 16.5. The summed E-state index contributed by atoms with van der Waals surface area (Å²) in [6.07, 6.45) is -1.25. The van der Waals surface area contributed by atoms with E-state index in [1.165, 1.54) is 0 Å². The maximum Gasteiger partial charge on any atom is 0.322 e. The number of amides is 2. The number of aliphatic carboxylic acids is 1. The predicted molar refractivity (Wildman–Crippen MR) is 102 cm³/mol. The summed E-state index contributed by atoms with van der Waals surface area (Å²) < 4.78 is 5.53. The molecule has 0 aliphatic heterocycles. The molecule has 0 bridgehead atoms. The molecule has 156 valence electrons. The van der Waals surface area contributed by atoms with Gasteiger partial charge in [-0.15, -0.1) is 0 Å². The van der Waals surface area contributed by atoms with Crippen LogP contribution in [0.25, 0.3) is 0 Å². The second kappa shape index (κ2) is 12.1. The van der Waals surface area contributed by atoms with Crippen molar-refractivity contribution in [3.63, 3.8) is 0 Å². The number of benzene rings is 1. The van der Waals surface area contributed by atoms with Crippen LogP contribution >= 0.6 is 0 Å². The van der Waals surface area contributed by atoms with Crippen molar-refractivity contribution >= 4 is 17.8 Å². The summed E-state index contributed by atoms with van der Waals surface area (Å²) in [5.41, 5.74) is 6.73. The SMILES string of the molecule is CC(C)C[C@H](N)C(=O)N[C@@H](COCc1ccccc1)C(O)C(=O)NCC(=O)O. The molecule has 0 fully saturated rings. The number of nitrogens with one attached hydrogen (secondary N) is 2. The Balaban J connectivity index is 2.72. The largest absolute Gasteiger partial charge is 0.480 e. The fourth-order valence-corrected chi connectivity index (χ4v) is 2.44. The molecule has 1 rings (SSSR count). The van der Waals surface area contributed by atoms with E-state index < -0.39 is 42.5 Å². The van der Waals surface area contributed by atoms with E-state index >= 15 is 0 Å². The Morgan fingerprint density at radius 1 is 1.14 bits per heavy atom. The van der Waals surface area contributed by atoms with E-state index in [0.717, 1.165) is 5.56 Å². The summed E-state index contributed by atoms with van der Waals surface area (Å²) in [5.74, 6) is -2.50. The third-order valence-corrected chi connectivity index (χ3v) is 3.86. The molecule has 3 atom stereocenters. The Morgan fingerprint density at radius 3 is 2.36 bits per heavy atom. The Bertz CT molecular complexity index is 638. The summed E-state index contributed by atoms with van der Waals surface area (Å²) in [6, 6.07) is 7.37. The van der Waals surface area contributed by atoms with E-state index in [1.807, 2.05) is 44.2 Å². The first-order valence-corrected chi connectivity index (χ1v) is 9.06. The van der Waals surface area contributed by atoms with E-state index in [-0.39, 0.29) is 19.1 Å². The summed E-state index contributed by atoms with van der Waals surface area (Å²) in [5, 5.41) is 23.5. The van der Waals surface area contributed by atoms with Gasteiger partial charge in [0.25, 0.3) is 5.91 Å². The van der Waals surface area contributed by atoms with Crippen LogP contribution in [0.5, 0.6) is 0 Å². The zero-order chi connectivity index (χ0) is 21.1. The van der Waals surface area contributed by atoms with Crippen LogP contribution < -0.4 is 16.4 Å². The van der Waals surface area contributed by atoms with Gasteiger partial charge in [0.15, 0.2) is 6.10 Å². The van der Waals surface area contributed by atoms with Crippen LogP contribution in [-0.2, 0) is 25.7 Å². The highest BCUT2D eigenvalue weighted by Crippen LogP contribution is 2.06. The van der Waals surface area contributed by atoms with Gasteiger partial charge in [-0.2, -0.15) is 0 Å². The highest BCUT2D eigenvalue weighted by molar-refractivity contribution is 5.86. The third kappa shape index (κ3) is 8.94. The van der Waals surface area contributed by atoms with E-state index in [4.69, 9.17) is 15.6 Å². The molecule has 0 aromatic heterocycles. The van der Waals surface area contributed by atoms with Gasteiger partial charge in [-0.25, -0.2) is 0 Å². The minimum absolute atomic E-state index is 0.156. The van der Waals surface area contributed by atoms with Crippen molar-refractivity contribution in [1.29, 1.82) is 0 Å². The van der Waals surface area contributed by atoms with Gasteiger partial charge in [0, 0.05) is 0 Å². The number of hydrogen-bond acceptors (Lipinski definition) is 6. The molecule has 1 unspecified atom stereocenters. The number of aliphatic hydroxyl groups is 1. The van der Waals surface area contributed by atoms with Crippen LogP contribution in [0.15, 0.2) is 30.3 Å². The first-order valence-electron chi connectivity index (χ1n) is 9.06. The number of carboxylic acids is 1. The summed E-state index contributed by atoms with van der Waals surface area (Å²) in [4.78, 5) is 34.9. The Kier molecular flexibility index (Phi) is 10.1. The van der Waals surface area contributed by atoms with Crippen LogP contribution in [0.1, 0.15) is 25.8 Å². The first-order chi connectivity index (χ1) is 13.2. The second-order valence-electron chi connectivity index (χ2n) is 6.91. The lowest BCUT2D eigenvalue weighted by molar-refractivity contribution is -0.141. The smallest absolute Gasteiger partial charge is 0.322 e. The lowest BCUT2D eigenvalue weighted by Crippen LogP contribution is -2.56. The van der Waals surface area contributed by atoms with Gasteiger partial charge in [-0.05, 0) is 17.9 Å². The molecule has 0 aliphatic carbocycles. The maximum absolute atomic E-state index is 12.3. The number of carbonyl (C=O) groups is 3. The van der Waals surface area contributed by atoms with Gasteiger partial charge in [-0.1, -0.05) is 44.2 Å². The molecule has 2 amide bonds. The molecule has 0 aliphatic rings. The standard InChI is InChI=1S/C19H29N3O6/c1-12(2)8-14(20)18(26)22-15(17(25)19(27)21-9-16(23)24)11-28-10-13-6-4-3-5-7-13/h3-7,12,14-15,17,25H,8-11,20H2,1-2H3,(H,21,27)(H,22,26)(H,23,24)/t14-,15-,17?/m0/s1. The lowest BCUT2D eigenvalue weighted by atomic mass is 10.0. The van der Waals surface area contributed by atoms with Crippen LogP contribution in [0.2, 0.25) is 0 Å². The van der Waals surface area contributed by atoms with Gasteiger partial charge in [0.1, 0.15) is 6.54 Å².